The number of imidazole rings is 1. The summed E-state index contributed by atoms with van der Waals surface area (Å²) in [6.45, 7) is 3.04. The van der Waals surface area contributed by atoms with Crippen LogP contribution in [0.3, 0.4) is 0 Å². The van der Waals surface area contributed by atoms with Gasteiger partial charge >= 0.3 is 0 Å². The molecule has 19 heavy (non-hydrogen) atoms. The number of halogens is 1. The van der Waals surface area contributed by atoms with E-state index in [2.05, 4.69) is 11.5 Å². The largest absolute Gasteiger partial charge is 0.327 e. The number of hydrogen-bond acceptors (Lipinski definition) is 2. The van der Waals surface area contributed by atoms with Crippen LogP contribution in [0.1, 0.15) is 44.9 Å². The normalized spacial score (nSPS) is 18.9. The van der Waals surface area contributed by atoms with Crippen LogP contribution < -0.4 is 5.73 Å². The van der Waals surface area contributed by atoms with Gasteiger partial charge in [-0.05, 0) is 38.0 Å². The van der Waals surface area contributed by atoms with Crippen LogP contribution in [0.2, 0.25) is 5.02 Å². The molecule has 0 amide bonds. The van der Waals surface area contributed by atoms with Crippen molar-refractivity contribution in [2.75, 3.05) is 0 Å². The van der Waals surface area contributed by atoms with E-state index in [0.717, 1.165) is 41.3 Å². The minimum Gasteiger partial charge on any atom is -0.327 e. The van der Waals surface area contributed by atoms with E-state index in [1.54, 1.807) is 0 Å². The molecule has 0 spiro atoms. The standard InChI is InChI=1S/C15H20ClN3/c1-2-19-13-7-6-11(16)10-12(13)18-14(19)15(17)8-4-3-5-9-15/h6-7,10H,2-5,8-9,17H2,1H3. The maximum absolute atomic E-state index is 6.64. The van der Waals surface area contributed by atoms with Gasteiger partial charge in [0.2, 0.25) is 0 Å². The SMILES string of the molecule is CCn1c(C2(N)CCCCC2)nc2cc(Cl)ccc21. The van der Waals surface area contributed by atoms with Gasteiger partial charge in [0, 0.05) is 11.6 Å². The fourth-order valence-corrected chi connectivity index (χ4v) is 3.38. The second-order valence-electron chi connectivity index (χ2n) is 5.53. The van der Waals surface area contributed by atoms with Gasteiger partial charge in [-0.2, -0.15) is 0 Å². The first-order chi connectivity index (χ1) is 9.14. The molecule has 3 rings (SSSR count). The Kier molecular flexibility index (Phi) is 3.27. The zero-order valence-electron chi connectivity index (χ0n) is 11.3. The predicted octanol–water partition coefficient (Wildman–Crippen LogP) is 3.83. The molecule has 1 fully saturated rings. The molecule has 1 aromatic carbocycles. The number of fused-ring (bicyclic) bond motifs is 1. The molecule has 0 aliphatic heterocycles. The van der Waals surface area contributed by atoms with Crippen LogP contribution in [0.15, 0.2) is 18.2 Å². The third-order valence-electron chi connectivity index (χ3n) is 4.22. The van der Waals surface area contributed by atoms with Crippen molar-refractivity contribution < 1.29 is 0 Å². The predicted molar refractivity (Wildman–Crippen MR) is 79.4 cm³/mol. The van der Waals surface area contributed by atoms with E-state index in [4.69, 9.17) is 22.3 Å². The Hall–Kier alpha value is -1.06. The first kappa shape index (κ1) is 12.9. The maximum atomic E-state index is 6.64. The highest BCUT2D eigenvalue weighted by Crippen LogP contribution is 2.36. The van der Waals surface area contributed by atoms with Crippen molar-refractivity contribution in [2.45, 2.75) is 51.1 Å². The van der Waals surface area contributed by atoms with E-state index in [-0.39, 0.29) is 5.54 Å². The van der Waals surface area contributed by atoms with Crippen molar-refractivity contribution in [1.29, 1.82) is 0 Å². The van der Waals surface area contributed by atoms with Crippen LogP contribution in [-0.2, 0) is 12.1 Å². The number of benzene rings is 1. The van der Waals surface area contributed by atoms with Gasteiger partial charge in [0.1, 0.15) is 5.82 Å². The molecule has 1 heterocycles. The summed E-state index contributed by atoms with van der Waals surface area (Å²) in [6.07, 6.45) is 5.75. The number of rotatable bonds is 2. The molecule has 1 aliphatic carbocycles. The molecule has 102 valence electrons. The van der Waals surface area contributed by atoms with E-state index < -0.39 is 0 Å². The molecular formula is C15H20ClN3. The molecule has 0 atom stereocenters. The van der Waals surface area contributed by atoms with Gasteiger partial charge in [-0.1, -0.05) is 30.9 Å². The monoisotopic (exact) mass is 277 g/mol. The van der Waals surface area contributed by atoms with Crippen LogP contribution in [-0.4, -0.2) is 9.55 Å². The average Bonchev–Trinajstić information content (AvgIpc) is 2.78. The van der Waals surface area contributed by atoms with Crippen molar-refractivity contribution in [3.8, 4) is 0 Å². The van der Waals surface area contributed by atoms with E-state index >= 15 is 0 Å². The molecule has 0 saturated heterocycles. The van der Waals surface area contributed by atoms with Crippen LogP contribution in [0.25, 0.3) is 11.0 Å². The molecule has 4 heteroatoms. The second kappa shape index (κ2) is 4.80. The summed E-state index contributed by atoms with van der Waals surface area (Å²) >= 11 is 6.06. The Morgan fingerprint density at radius 3 is 2.74 bits per heavy atom. The molecule has 1 saturated carbocycles. The van der Waals surface area contributed by atoms with Crippen molar-refractivity contribution in [3.63, 3.8) is 0 Å². The lowest BCUT2D eigenvalue weighted by molar-refractivity contribution is 0.279. The molecule has 3 nitrogen and oxygen atoms in total. The van der Waals surface area contributed by atoms with E-state index in [1.165, 1.54) is 19.3 Å². The van der Waals surface area contributed by atoms with Gasteiger partial charge < -0.3 is 10.3 Å². The Morgan fingerprint density at radius 2 is 2.05 bits per heavy atom. The van der Waals surface area contributed by atoms with Gasteiger partial charge in [0.25, 0.3) is 0 Å². The zero-order valence-corrected chi connectivity index (χ0v) is 12.1. The molecule has 1 aromatic heterocycles. The van der Waals surface area contributed by atoms with Crippen LogP contribution >= 0.6 is 11.6 Å². The summed E-state index contributed by atoms with van der Waals surface area (Å²) in [5, 5.41) is 0.731. The summed E-state index contributed by atoms with van der Waals surface area (Å²) in [5.74, 6) is 1.03. The summed E-state index contributed by atoms with van der Waals surface area (Å²) in [6, 6.07) is 5.90. The zero-order chi connectivity index (χ0) is 13.5. The molecule has 0 bridgehead atoms. The molecule has 1 aliphatic rings. The Bertz CT molecular complexity index is 597. The van der Waals surface area contributed by atoms with Gasteiger partial charge in [0.15, 0.2) is 0 Å². The van der Waals surface area contributed by atoms with E-state index in [9.17, 15) is 0 Å². The van der Waals surface area contributed by atoms with E-state index in [1.807, 2.05) is 18.2 Å². The molecule has 2 N–H and O–H groups in total. The van der Waals surface area contributed by atoms with Crippen LogP contribution in [0.4, 0.5) is 0 Å². The summed E-state index contributed by atoms with van der Waals surface area (Å²) < 4.78 is 2.25. The Labute approximate surface area is 118 Å². The fourth-order valence-electron chi connectivity index (χ4n) is 3.21. The first-order valence-corrected chi connectivity index (χ1v) is 7.47. The quantitative estimate of drug-likeness (QED) is 0.907. The van der Waals surface area contributed by atoms with Gasteiger partial charge in [-0.15, -0.1) is 0 Å². The Morgan fingerprint density at radius 1 is 1.32 bits per heavy atom. The topological polar surface area (TPSA) is 43.8 Å². The number of hydrogen-bond donors (Lipinski definition) is 1. The fraction of sp³-hybridized carbons (Fsp3) is 0.533. The second-order valence-corrected chi connectivity index (χ2v) is 5.97. The number of aryl methyl sites for hydroxylation is 1. The summed E-state index contributed by atoms with van der Waals surface area (Å²) in [4.78, 5) is 4.79. The minimum absolute atomic E-state index is 0.264. The highest BCUT2D eigenvalue weighted by atomic mass is 35.5. The van der Waals surface area contributed by atoms with Crippen LogP contribution in [0.5, 0.6) is 0 Å². The van der Waals surface area contributed by atoms with Gasteiger partial charge in [-0.25, -0.2) is 4.98 Å². The average molecular weight is 278 g/mol. The van der Waals surface area contributed by atoms with Crippen molar-refractivity contribution in [3.05, 3.63) is 29.0 Å². The number of nitrogens with two attached hydrogens (primary N) is 1. The van der Waals surface area contributed by atoms with Crippen molar-refractivity contribution in [2.24, 2.45) is 5.73 Å². The van der Waals surface area contributed by atoms with Crippen molar-refractivity contribution >= 4 is 22.6 Å². The molecule has 2 aromatic rings. The molecule has 0 radical (unpaired) electrons. The van der Waals surface area contributed by atoms with Crippen molar-refractivity contribution in [1.82, 2.24) is 9.55 Å². The summed E-state index contributed by atoms with van der Waals surface area (Å²) in [7, 11) is 0. The summed E-state index contributed by atoms with van der Waals surface area (Å²) in [5.41, 5.74) is 8.47. The molecule has 0 unspecified atom stereocenters. The van der Waals surface area contributed by atoms with Gasteiger partial charge in [0.05, 0.1) is 16.6 Å². The molecular weight excluding hydrogens is 258 g/mol. The van der Waals surface area contributed by atoms with Gasteiger partial charge in [-0.3, -0.25) is 0 Å². The lowest BCUT2D eigenvalue weighted by Crippen LogP contribution is -2.41. The highest BCUT2D eigenvalue weighted by Gasteiger charge is 2.34. The van der Waals surface area contributed by atoms with E-state index in [0.29, 0.717) is 0 Å². The lowest BCUT2D eigenvalue weighted by Gasteiger charge is -2.33. The third-order valence-corrected chi connectivity index (χ3v) is 4.45. The Balaban J connectivity index is 2.17. The highest BCUT2D eigenvalue weighted by molar-refractivity contribution is 6.31. The smallest absolute Gasteiger partial charge is 0.130 e. The maximum Gasteiger partial charge on any atom is 0.130 e. The third kappa shape index (κ3) is 2.15. The number of aromatic nitrogens is 2. The van der Waals surface area contributed by atoms with Crippen LogP contribution in [0, 0.1) is 0 Å². The lowest BCUT2D eigenvalue weighted by atomic mass is 9.82. The minimum atomic E-state index is -0.264. The first-order valence-electron chi connectivity index (χ1n) is 7.09. The number of nitrogens with zero attached hydrogens (tertiary/aromatic N) is 2.